The van der Waals surface area contributed by atoms with Crippen LogP contribution in [0, 0.1) is 25.2 Å². The molecule has 1 amide bonds. The van der Waals surface area contributed by atoms with Crippen LogP contribution in [0.1, 0.15) is 40.8 Å². The molecule has 1 aromatic heterocycles. The van der Waals surface area contributed by atoms with Gasteiger partial charge in [-0.3, -0.25) is 9.69 Å². The van der Waals surface area contributed by atoms with Gasteiger partial charge in [-0.1, -0.05) is 42.5 Å². The number of phenols is 1. The highest BCUT2D eigenvalue weighted by Gasteiger charge is 2.31. The van der Waals surface area contributed by atoms with E-state index in [9.17, 15) is 15.2 Å². The first kappa shape index (κ1) is 21.7. The van der Waals surface area contributed by atoms with Crippen molar-refractivity contribution in [3.8, 4) is 11.8 Å². The van der Waals surface area contributed by atoms with Gasteiger partial charge in [0.15, 0.2) is 0 Å². The molecule has 6 nitrogen and oxygen atoms in total. The lowest BCUT2D eigenvalue weighted by molar-refractivity contribution is -0.117. The zero-order valence-electron chi connectivity index (χ0n) is 18.5. The van der Waals surface area contributed by atoms with Gasteiger partial charge in [0.25, 0.3) is 0 Å². The van der Waals surface area contributed by atoms with Gasteiger partial charge in [-0.05, 0) is 55.5 Å². The summed E-state index contributed by atoms with van der Waals surface area (Å²) in [7, 11) is 0. The molecule has 0 radical (unpaired) electrons. The first-order valence-electron chi connectivity index (χ1n) is 10.9. The lowest BCUT2D eigenvalue weighted by atomic mass is 10.2. The van der Waals surface area contributed by atoms with Crippen LogP contribution in [0.25, 0.3) is 0 Å². The third-order valence-electron chi connectivity index (χ3n) is 6.11. The normalized spacial score (nSPS) is 13.2. The Hall–Kier alpha value is -3.56. The third-order valence-corrected chi connectivity index (χ3v) is 6.11. The molecule has 32 heavy (non-hydrogen) atoms. The molecule has 0 atom stereocenters. The number of aromatic nitrogens is 1. The van der Waals surface area contributed by atoms with E-state index in [4.69, 9.17) is 0 Å². The summed E-state index contributed by atoms with van der Waals surface area (Å²) >= 11 is 0. The molecule has 1 saturated carbocycles. The molecule has 3 aromatic rings. The van der Waals surface area contributed by atoms with Crippen LogP contribution >= 0.6 is 0 Å². The number of carbonyl (C=O) groups is 1. The van der Waals surface area contributed by atoms with Crippen molar-refractivity contribution in [1.82, 2.24) is 9.47 Å². The van der Waals surface area contributed by atoms with Gasteiger partial charge in [-0.2, -0.15) is 5.26 Å². The lowest BCUT2D eigenvalue weighted by Gasteiger charge is -2.22. The second-order valence-electron chi connectivity index (χ2n) is 8.47. The van der Waals surface area contributed by atoms with Crippen molar-refractivity contribution in [2.75, 3.05) is 11.9 Å². The summed E-state index contributed by atoms with van der Waals surface area (Å²) in [5.41, 5.74) is 4.55. The number of hydrogen-bond acceptors (Lipinski definition) is 4. The van der Waals surface area contributed by atoms with Gasteiger partial charge in [0.1, 0.15) is 17.6 Å². The molecular weight excluding hydrogens is 400 g/mol. The highest BCUT2D eigenvalue weighted by Crippen LogP contribution is 2.30. The SMILES string of the molecule is Cc1c(C#N)c(NC(=O)CN(Cc2ccc(O)cc2)C2CC2)n(Cc2ccccc2)c1C. The summed E-state index contributed by atoms with van der Waals surface area (Å²) in [5, 5.41) is 22.3. The predicted molar refractivity (Wildman–Crippen MR) is 124 cm³/mol. The van der Waals surface area contributed by atoms with Crippen LogP contribution in [0.5, 0.6) is 5.75 Å². The summed E-state index contributed by atoms with van der Waals surface area (Å²) in [4.78, 5) is 15.2. The Morgan fingerprint density at radius 1 is 1.12 bits per heavy atom. The maximum absolute atomic E-state index is 13.1. The van der Waals surface area contributed by atoms with Gasteiger partial charge >= 0.3 is 0 Å². The van der Waals surface area contributed by atoms with Crippen molar-refractivity contribution in [2.24, 2.45) is 0 Å². The van der Waals surface area contributed by atoms with E-state index >= 15 is 0 Å². The number of nitrogens with zero attached hydrogens (tertiary/aromatic N) is 3. The molecule has 4 rings (SSSR count). The zero-order valence-corrected chi connectivity index (χ0v) is 18.5. The van der Waals surface area contributed by atoms with E-state index < -0.39 is 0 Å². The Bertz CT molecular complexity index is 1140. The van der Waals surface area contributed by atoms with Crippen molar-refractivity contribution < 1.29 is 9.90 Å². The van der Waals surface area contributed by atoms with Gasteiger partial charge in [0.2, 0.25) is 5.91 Å². The molecule has 1 aliphatic carbocycles. The van der Waals surface area contributed by atoms with E-state index in [1.807, 2.05) is 60.9 Å². The Morgan fingerprint density at radius 2 is 1.81 bits per heavy atom. The van der Waals surface area contributed by atoms with Crippen molar-refractivity contribution in [1.29, 1.82) is 5.26 Å². The van der Waals surface area contributed by atoms with Crippen LogP contribution in [0.15, 0.2) is 54.6 Å². The van der Waals surface area contributed by atoms with E-state index in [1.165, 1.54) is 0 Å². The minimum absolute atomic E-state index is 0.126. The van der Waals surface area contributed by atoms with Gasteiger partial charge in [-0.15, -0.1) is 0 Å². The van der Waals surface area contributed by atoms with Gasteiger partial charge in [0.05, 0.1) is 12.1 Å². The Balaban J connectivity index is 1.53. The van der Waals surface area contributed by atoms with E-state index in [0.717, 1.165) is 35.2 Å². The number of amides is 1. The fourth-order valence-electron chi connectivity index (χ4n) is 4.04. The molecular formula is C26H28N4O2. The second kappa shape index (κ2) is 9.29. The summed E-state index contributed by atoms with van der Waals surface area (Å²) < 4.78 is 2.02. The van der Waals surface area contributed by atoms with Gasteiger partial charge in [0, 0.05) is 24.8 Å². The summed E-state index contributed by atoms with van der Waals surface area (Å²) in [6.45, 7) is 5.39. The molecule has 0 spiro atoms. The van der Waals surface area contributed by atoms with Crippen LogP contribution in [-0.4, -0.2) is 33.1 Å². The molecule has 2 N–H and O–H groups in total. The Kier molecular flexibility index (Phi) is 6.29. The highest BCUT2D eigenvalue weighted by atomic mass is 16.3. The molecule has 2 aromatic carbocycles. The summed E-state index contributed by atoms with van der Waals surface area (Å²) in [6, 6.07) is 19.8. The molecule has 1 heterocycles. The molecule has 164 valence electrons. The lowest BCUT2D eigenvalue weighted by Crippen LogP contribution is -2.35. The number of phenolic OH excluding ortho intramolecular Hbond substituents is 1. The quantitative estimate of drug-likeness (QED) is 0.559. The molecule has 6 heteroatoms. The summed E-state index contributed by atoms with van der Waals surface area (Å²) in [5.74, 6) is 0.675. The van der Waals surface area contributed by atoms with Crippen LogP contribution in [-0.2, 0) is 17.9 Å². The van der Waals surface area contributed by atoms with Crippen LogP contribution in [0.4, 0.5) is 5.82 Å². The largest absolute Gasteiger partial charge is 0.508 e. The van der Waals surface area contributed by atoms with E-state index in [0.29, 0.717) is 30.5 Å². The van der Waals surface area contributed by atoms with E-state index in [1.54, 1.807) is 12.1 Å². The topological polar surface area (TPSA) is 81.3 Å². The first-order valence-corrected chi connectivity index (χ1v) is 10.9. The van der Waals surface area contributed by atoms with Crippen LogP contribution < -0.4 is 5.32 Å². The standard InChI is InChI=1S/C26H28N4O2/c1-18-19(2)30(16-20-6-4-3-5-7-20)26(24(18)14-27)28-25(32)17-29(22-10-11-22)15-21-8-12-23(31)13-9-21/h3-9,12-13,22,31H,10-11,15-17H2,1-2H3,(H,28,32). The minimum atomic E-state index is -0.126. The number of anilines is 1. The number of carbonyl (C=O) groups excluding carboxylic acids is 1. The fraction of sp³-hybridized carbons (Fsp3) is 0.308. The number of aromatic hydroxyl groups is 1. The maximum atomic E-state index is 13.1. The Morgan fingerprint density at radius 3 is 2.44 bits per heavy atom. The number of hydrogen-bond donors (Lipinski definition) is 2. The number of benzene rings is 2. The highest BCUT2D eigenvalue weighted by molar-refractivity contribution is 5.93. The predicted octanol–water partition coefficient (Wildman–Crippen LogP) is 4.33. The Labute approximate surface area is 188 Å². The fourth-order valence-corrected chi connectivity index (χ4v) is 4.04. The molecule has 0 bridgehead atoms. The van der Waals surface area contributed by atoms with Crippen LogP contribution in [0.3, 0.4) is 0 Å². The maximum Gasteiger partial charge on any atom is 0.239 e. The smallest absolute Gasteiger partial charge is 0.239 e. The van der Waals surface area contributed by atoms with Crippen LogP contribution in [0.2, 0.25) is 0 Å². The van der Waals surface area contributed by atoms with Crippen molar-refractivity contribution >= 4 is 11.7 Å². The van der Waals surface area contributed by atoms with Crippen molar-refractivity contribution in [3.63, 3.8) is 0 Å². The minimum Gasteiger partial charge on any atom is -0.508 e. The van der Waals surface area contributed by atoms with Crippen molar-refractivity contribution in [3.05, 3.63) is 82.5 Å². The number of nitriles is 1. The average molecular weight is 429 g/mol. The summed E-state index contributed by atoms with van der Waals surface area (Å²) in [6.07, 6.45) is 2.16. The van der Waals surface area contributed by atoms with Gasteiger partial charge in [-0.25, -0.2) is 0 Å². The van der Waals surface area contributed by atoms with Gasteiger partial charge < -0.3 is 15.0 Å². The van der Waals surface area contributed by atoms with Crippen molar-refractivity contribution in [2.45, 2.75) is 45.8 Å². The zero-order chi connectivity index (χ0) is 22.7. The third kappa shape index (κ3) is 4.84. The average Bonchev–Trinajstić information content (AvgIpc) is 3.61. The van der Waals surface area contributed by atoms with E-state index in [-0.39, 0.29) is 18.2 Å². The molecule has 0 unspecified atom stereocenters. The molecule has 1 fully saturated rings. The molecule has 1 aliphatic rings. The molecule has 0 saturated heterocycles. The first-order chi connectivity index (χ1) is 15.5. The number of rotatable bonds is 8. The molecule has 0 aliphatic heterocycles. The second-order valence-corrected chi connectivity index (χ2v) is 8.47. The van der Waals surface area contributed by atoms with E-state index in [2.05, 4.69) is 16.3 Å². The monoisotopic (exact) mass is 428 g/mol. The number of nitrogens with one attached hydrogen (secondary N) is 1.